The first kappa shape index (κ1) is 17.8. The zero-order valence-corrected chi connectivity index (χ0v) is 14.5. The van der Waals surface area contributed by atoms with Crippen LogP contribution in [0, 0.1) is 0 Å². The van der Waals surface area contributed by atoms with E-state index in [0.29, 0.717) is 31.6 Å². The fourth-order valence-electron chi connectivity index (χ4n) is 3.53. The van der Waals surface area contributed by atoms with Crippen LogP contribution in [0.15, 0.2) is 23.1 Å². The van der Waals surface area contributed by atoms with Gasteiger partial charge in [0.25, 0.3) is 0 Å². The summed E-state index contributed by atoms with van der Waals surface area (Å²) in [6, 6.07) is 3.86. The number of carboxylic acid groups (broad SMARTS) is 1. The number of carbonyl (C=O) groups excluding carboxylic acids is 1. The van der Waals surface area contributed by atoms with Gasteiger partial charge in [-0.05, 0) is 49.6 Å². The summed E-state index contributed by atoms with van der Waals surface area (Å²) in [6.45, 7) is 1.09. The van der Waals surface area contributed by atoms with Gasteiger partial charge >= 0.3 is 5.97 Å². The Hall–Kier alpha value is -1.97. The summed E-state index contributed by atoms with van der Waals surface area (Å²) < 4.78 is 22.9. The molecule has 3 N–H and O–H groups in total. The number of rotatable bonds is 4. The molecule has 3 rings (SSSR count). The van der Waals surface area contributed by atoms with E-state index in [1.54, 1.807) is 15.9 Å². The average molecular weight is 367 g/mol. The molecular weight excluding hydrogens is 346 g/mol. The zero-order valence-electron chi connectivity index (χ0n) is 13.7. The Morgan fingerprint density at radius 1 is 1.24 bits per heavy atom. The molecule has 9 heteroatoms. The summed E-state index contributed by atoms with van der Waals surface area (Å²) in [4.78, 5) is 27.4. The lowest BCUT2D eigenvalue weighted by Gasteiger charge is -2.33. The number of amides is 1. The van der Waals surface area contributed by atoms with Gasteiger partial charge in [-0.3, -0.25) is 14.5 Å². The minimum Gasteiger partial charge on any atom is -0.480 e. The van der Waals surface area contributed by atoms with Gasteiger partial charge in [0.1, 0.15) is 6.04 Å². The number of carbonyl (C=O) groups is 2. The van der Waals surface area contributed by atoms with Gasteiger partial charge in [0.2, 0.25) is 15.9 Å². The highest BCUT2D eigenvalue weighted by molar-refractivity contribution is 7.89. The van der Waals surface area contributed by atoms with E-state index in [-0.39, 0.29) is 17.3 Å². The molecule has 0 bridgehead atoms. The second-order valence-electron chi connectivity index (χ2n) is 6.45. The van der Waals surface area contributed by atoms with Crippen molar-refractivity contribution in [3.63, 3.8) is 0 Å². The third-order valence-electron chi connectivity index (χ3n) is 4.81. The summed E-state index contributed by atoms with van der Waals surface area (Å²) in [6.07, 6.45) is 2.83. The van der Waals surface area contributed by atoms with Crippen molar-refractivity contribution in [3.8, 4) is 0 Å². The molecule has 1 atom stereocenters. The maximum atomic E-state index is 12.7. The standard InChI is InChI=1S/C16H21N3O5S/c17-25(23,24)12-4-5-13-11(9-12)6-8-19(13)15(20)10-18-7-2-1-3-14(18)16(21)22/h4-5,9,14H,1-3,6-8,10H2,(H,21,22)(H2,17,23,24). The van der Waals surface area contributed by atoms with Crippen LogP contribution >= 0.6 is 0 Å². The third-order valence-corrected chi connectivity index (χ3v) is 5.72. The number of hydrogen-bond acceptors (Lipinski definition) is 5. The summed E-state index contributed by atoms with van der Waals surface area (Å²) >= 11 is 0. The fourth-order valence-corrected chi connectivity index (χ4v) is 4.10. The van der Waals surface area contributed by atoms with Crippen LogP contribution in [-0.2, 0) is 26.0 Å². The lowest BCUT2D eigenvalue weighted by atomic mass is 10.0. The van der Waals surface area contributed by atoms with Crippen molar-refractivity contribution < 1.29 is 23.1 Å². The number of primary sulfonamides is 1. The molecule has 2 heterocycles. The van der Waals surface area contributed by atoms with E-state index >= 15 is 0 Å². The van der Waals surface area contributed by atoms with E-state index in [9.17, 15) is 23.1 Å². The molecule has 0 radical (unpaired) electrons. The van der Waals surface area contributed by atoms with E-state index in [0.717, 1.165) is 18.4 Å². The topological polar surface area (TPSA) is 121 Å². The van der Waals surface area contributed by atoms with E-state index in [4.69, 9.17) is 5.14 Å². The van der Waals surface area contributed by atoms with Crippen LogP contribution < -0.4 is 10.0 Å². The molecule has 1 saturated heterocycles. The second kappa shape index (κ2) is 6.74. The molecule has 8 nitrogen and oxygen atoms in total. The monoisotopic (exact) mass is 367 g/mol. The largest absolute Gasteiger partial charge is 0.480 e. The Balaban J connectivity index is 1.76. The number of nitrogens with zero attached hydrogens (tertiary/aromatic N) is 2. The highest BCUT2D eigenvalue weighted by Crippen LogP contribution is 2.30. The van der Waals surface area contributed by atoms with Gasteiger partial charge in [-0.1, -0.05) is 6.42 Å². The molecule has 0 aliphatic carbocycles. The van der Waals surface area contributed by atoms with Gasteiger partial charge in [-0.25, -0.2) is 13.6 Å². The van der Waals surface area contributed by atoms with Crippen LogP contribution in [0.4, 0.5) is 5.69 Å². The smallest absolute Gasteiger partial charge is 0.320 e. The van der Waals surface area contributed by atoms with Crippen molar-refractivity contribution in [1.82, 2.24) is 4.90 Å². The maximum absolute atomic E-state index is 12.7. The zero-order chi connectivity index (χ0) is 18.2. The number of fused-ring (bicyclic) bond motifs is 1. The molecule has 1 unspecified atom stereocenters. The van der Waals surface area contributed by atoms with Crippen LogP contribution in [0.1, 0.15) is 24.8 Å². The number of anilines is 1. The average Bonchev–Trinajstić information content (AvgIpc) is 2.97. The molecule has 2 aliphatic rings. The van der Waals surface area contributed by atoms with Crippen LogP contribution in [0.3, 0.4) is 0 Å². The minimum absolute atomic E-state index is 0.0301. The summed E-state index contributed by atoms with van der Waals surface area (Å²) in [7, 11) is -3.78. The molecule has 0 saturated carbocycles. The number of aliphatic carboxylic acids is 1. The van der Waals surface area contributed by atoms with Crippen molar-refractivity contribution in [2.75, 3.05) is 24.5 Å². The Labute approximate surface area is 146 Å². The number of sulfonamides is 1. The first-order chi connectivity index (χ1) is 11.8. The highest BCUT2D eigenvalue weighted by atomic mass is 32.2. The Kier molecular flexibility index (Phi) is 4.81. The van der Waals surface area contributed by atoms with Gasteiger partial charge in [0.05, 0.1) is 11.4 Å². The number of benzene rings is 1. The first-order valence-electron chi connectivity index (χ1n) is 8.20. The summed E-state index contributed by atoms with van der Waals surface area (Å²) in [5.74, 6) is -1.07. The van der Waals surface area contributed by atoms with Gasteiger partial charge in [-0.2, -0.15) is 0 Å². The fraction of sp³-hybridized carbons (Fsp3) is 0.500. The van der Waals surface area contributed by atoms with Crippen molar-refractivity contribution in [3.05, 3.63) is 23.8 Å². The van der Waals surface area contributed by atoms with E-state index in [1.807, 2.05) is 0 Å². The molecule has 1 aromatic rings. The number of likely N-dealkylation sites (tertiary alicyclic amines) is 1. The van der Waals surface area contributed by atoms with Gasteiger partial charge in [0, 0.05) is 12.2 Å². The van der Waals surface area contributed by atoms with Crippen molar-refractivity contribution >= 4 is 27.6 Å². The Bertz CT molecular complexity index is 808. The highest BCUT2D eigenvalue weighted by Gasteiger charge is 2.33. The quantitative estimate of drug-likeness (QED) is 0.782. The van der Waals surface area contributed by atoms with Gasteiger partial charge in [-0.15, -0.1) is 0 Å². The summed E-state index contributed by atoms with van der Waals surface area (Å²) in [5, 5.41) is 14.5. The molecule has 2 aliphatic heterocycles. The molecule has 1 fully saturated rings. The molecule has 0 spiro atoms. The first-order valence-corrected chi connectivity index (χ1v) is 9.75. The molecule has 1 aromatic carbocycles. The second-order valence-corrected chi connectivity index (χ2v) is 8.01. The van der Waals surface area contributed by atoms with Crippen molar-refractivity contribution in [1.29, 1.82) is 0 Å². The SMILES string of the molecule is NS(=O)(=O)c1ccc2c(c1)CCN2C(=O)CN1CCCCC1C(=O)O. The van der Waals surface area contributed by atoms with E-state index in [1.165, 1.54) is 12.1 Å². The lowest BCUT2D eigenvalue weighted by molar-refractivity contribution is -0.145. The number of nitrogens with two attached hydrogens (primary N) is 1. The van der Waals surface area contributed by atoms with E-state index < -0.39 is 22.0 Å². The van der Waals surface area contributed by atoms with E-state index in [2.05, 4.69) is 0 Å². The molecular formula is C16H21N3O5S. The van der Waals surface area contributed by atoms with Crippen LogP contribution in [0.5, 0.6) is 0 Å². The van der Waals surface area contributed by atoms with Gasteiger partial charge in [0.15, 0.2) is 0 Å². The molecule has 0 aromatic heterocycles. The van der Waals surface area contributed by atoms with Crippen molar-refractivity contribution in [2.45, 2.75) is 36.6 Å². The lowest BCUT2D eigenvalue weighted by Crippen LogP contribution is -2.49. The molecule has 1 amide bonds. The van der Waals surface area contributed by atoms with Crippen LogP contribution in [0.25, 0.3) is 0 Å². The Morgan fingerprint density at radius 2 is 2.00 bits per heavy atom. The Morgan fingerprint density at radius 3 is 2.68 bits per heavy atom. The third kappa shape index (κ3) is 3.68. The number of piperidine rings is 1. The van der Waals surface area contributed by atoms with Crippen molar-refractivity contribution in [2.24, 2.45) is 5.14 Å². The van der Waals surface area contributed by atoms with Crippen LogP contribution in [0.2, 0.25) is 0 Å². The van der Waals surface area contributed by atoms with Crippen LogP contribution in [-0.4, -0.2) is 56.0 Å². The van der Waals surface area contributed by atoms with Gasteiger partial charge < -0.3 is 10.0 Å². The number of carboxylic acids is 1. The molecule has 136 valence electrons. The summed E-state index contributed by atoms with van der Waals surface area (Å²) in [5.41, 5.74) is 1.43. The maximum Gasteiger partial charge on any atom is 0.320 e. The predicted octanol–water partition coefficient (Wildman–Crippen LogP) is 0.162. The normalized spacial score (nSPS) is 21.2. The number of hydrogen-bond donors (Lipinski definition) is 2. The predicted molar refractivity (Wildman–Crippen MR) is 90.7 cm³/mol. The molecule has 25 heavy (non-hydrogen) atoms. The minimum atomic E-state index is -3.78.